The highest BCUT2D eigenvalue weighted by atomic mass is 16.5. The van der Waals surface area contributed by atoms with Gasteiger partial charge in [-0.15, -0.1) is 0 Å². The van der Waals surface area contributed by atoms with Gasteiger partial charge in [-0.1, -0.05) is 26.2 Å². The summed E-state index contributed by atoms with van der Waals surface area (Å²) in [6, 6.07) is 3.53. The molecule has 0 spiro atoms. The van der Waals surface area contributed by atoms with Crippen molar-refractivity contribution < 1.29 is 19.1 Å². The maximum Gasteiger partial charge on any atom is 0.339 e. The summed E-state index contributed by atoms with van der Waals surface area (Å²) in [5, 5.41) is 11.7. The molecule has 0 N–H and O–H groups in total. The van der Waals surface area contributed by atoms with E-state index < -0.39 is 12.1 Å². The first kappa shape index (κ1) is 19.0. The molecule has 0 saturated heterocycles. The summed E-state index contributed by atoms with van der Waals surface area (Å²) in [5.74, 6) is -0.915. The number of aryl methyl sites for hydroxylation is 2. The fourth-order valence-corrected chi connectivity index (χ4v) is 2.95. The monoisotopic (exact) mass is 345 g/mol. The number of hydrogen-bond donors (Lipinski definition) is 0. The zero-order valence-electron chi connectivity index (χ0n) is 15.3. The van der Waals surface area contributed by atoms with Crippen LogP contribution in [0.2, 0.25) is 0 Å². The first-order valence-electron chi connectivity index (χ1n) is 8.80. The molecule has 0 aliphatic carbocycles. The minimum atomic E-state index is -1.29. The van der Waals surface area contributed by atoms with E-state index >= 15 is 0 Å². The molecule has 5 heteroatoms. The zero-order valence-corrected chi connectivity index (χ0v) is 15.3. The van der Waals surface area contributed by atoms with Crippen LogP contribution in [0.5, 0.6) is 5.75 Å². The van der Waals surface area contributed by atoms with Gasteiger partial charge in [-0.3, -0.25) is 0 Å². The smallest absolute Gasteiger partial charge is 0.339 e. The van der Waals surface area contributed by atoms with Gasteiger partial charge in [0.2, 0.25) is 0 Å². The maximum atomic E-state index is 12.4. The molecule has 1 atom stereocenters. The molecular weight excluding hydrogens is 320 g/mol. The molecule has 0 saturated carbocycles. The second-order valence-corrected chi connectivity index (χ2v) is 6.45. The van der Waals surface area contributed by atoms with Crippen LogP contribution in [0.4, 0.5) is 0 Å². The Kier molecular flexibility index (Phi) is 6.23. The van der Waals surface area contributed by atoms with Gasteiger partial charge >= 0.3 is 5.63 Å². The quantitative estimate of drug-likeness (QED) is 0.543. The molecule has 5 nitrogen and oxygen atoms in total. The Bertz CT molecular complexity index is 819. The maximum absolute atomic E-state index is 12.4. The number of aliphatic carboxylic acids is 1. The highest BCUT2D eigenvalue weighted by Gasteiger charge is 2.16. The Balaban J connectivity index is 2.39. The highest BCUT2D eigenvalue weighted by molar-refractivity contribution is 5.85. The lowest BCUT2D eigenvalue weighted by Crippen LogP contribution is -2.37. The summed E-state index contributed by atoms with van der Waals surface area (Å²) >= 11 is 0. The number of hydrogen-bond acceptors (Lipinski definition) is 5. The van der Waals surface area contributed by atoms with Crippen LogP contribution in [0.15, 0.2) is 21.3 Å². The van der Waals surface area contributed by atoms with Crippen LogP contribution in [0.25, 0.3) is 11.0 Å². The van der Waals surface area contributed by atoms with Crippen molar-refractivity contribution in [3.8, 4) is 5.75 Å². The number of carbonyl (C=O) groups is 1. The SMILES string of the molecule is CCCCCCc1c(C)c2ccc(O[C@@H](C)C(=O)[O-])c(C)c2oc1=O. The number of unbranched alkanes of at least 4 members (excludes halogenated alkanes) is 3. The van der Waals surface area contributed by atoms with E-state index in [0.29, 0.717) is 23.3 Å². The van der Waals surface area contributed by atoms with Crippen molar-refractivity contribution in [3.63, 3.8) is 0 Å². The van der Waals surface area contributed by atoms with Gasteiger partial charge in [0.15, 0.2) is 0 Å². The average Bonchev–Trinajstić information content (AvgIpc) is 2.57. The second-order valence-electron chi connectivity index (χ2n) is 6.45. The Labute approximate surface area is 147 Å². The number of benzene rings is 1. The summed E-state index contributed by atoms with van der Waals surface area (Å²) in [4.78, 5) is 23.3. The van der Waals surface area contributed by atoms with Gasteiger partial charge < -0.3 is 19.1 Å². The van der Waals surface area contributed by atoms with Crippen LogP contribution in [0.3, 0.4) is 0 Å². The second kappa shape index (κ2) is 8.19. The lowest BCUT2D eigenvalue weighted by Gasteiger charge is -2.18. The third kappa shape index (κ3) is 4.21. The van der Waals surface area contributed by atoms with Crippen molar-refractivity contribution in [3.05, 3.63) is 39.2 Å². The van der Waals surface area contributed by atoms with Crippen LogP contribution in [-0.4, -0.2) is 12.1 Å². The predicted molar refractivity (Wildman–Crippen MR) is 94.9 cm³/mol. The summed E-state index contributed by atoms with van der Waals surface area (Å²) in [7, 11) is 0. The van der Waals surface area contributed by atoms with Crippen LogP contribution in [-0.2, 0) is 11.2 Å². The summed E-state index contributed by atoms with van der Waals surface area (Å²) in [5.41, 5.74) is 2.38. The first-order valence-corrected chi connectivity index (χ1v) is 8.80. The molecule has 136 valence electrons. The topological polar surface area (TPSA) is 79.6 Å². The van der Waals surface area contributed by atoms with Crippen LogP contribution in [0.1, 0.15) is 56.2 Å². The Hall–Kier alpha value is -2.30. The van der Waals surface area contributed by atoms with E-state index in [1.54, 1.807) is 13.0 Å². The lowest BCUT2D eigenvalue weighted by molar-refractivity contribution is -0.312. The summed E-state index contributed by atoms with van der Waals surface area (Å²) < 4.78 is 10.9. The van der Waals surface area contributed by atoms with E-state index in [1.165, 1.54) is 6.92 Å². The standard InChI is InChI=1S/C20H26O5/c1-5-6-7-8-9-16-12(2)15-10-11-17(24-14(4)19(21)22)13(3)18(15)25-20(16)23/h10-11,14H,5-9H2,1-4H3,(H,21,22)/p-1/t14-/m0/s1. The fourth-order valence-electron chi connectivity index (χ4n) is 2.95. The van der Waals surface area contributed by atoms with E-state index in [-0.39, 0.29) is 5.63 Å². The summed E-state index contributed by atoms with van der Waals surface area (Å²) in [6.45, 7) is 7.24. The highest BCUT2D eigenvalue weighted by Crippen LogP contribution is 2.30. The van der Waals surface area contributed by atoms with Crippen molar-refractivity contribution in [1.29, 1.82) is 0 Å². The van der Waals surface area contributed by atoms with Crippen molar-refractivity contribution in [2.45, 2.75) is 65.9 Å². The number of carboxylic acids is 1. The van der Waals surface area contributed by atoms with Crippen molar-refractivity contribution in [2.24, 2.45) is 0 Å². The Morgan fingerprint density at radius 3 is 2.56 bits per heavy atom. The Morgan fingerprint density at radius 1 is 1.20 bits per heavy atom. The molecule has 0 aliphatic rings. The lowest BCUT2D eigenvalue weighted by atomic mass is 9.99. The predicted octanol–water partition coefficient (Wildman–Crippen LogP) is 3.05. The first-order chi connectivity index (χ1) is 11.9. The van der Waals surface area contributed by atoms with Gasteiger partial charge in [0.05, 0.1) is 5.97 Å². The van der Waals surface area contributed by atoms with E-state index in [2.05, 4.69) is 6.92 Å². The number of ether oxygens (including phenoxy) is 1. The van der Waals surface area contributed by atoms with Gasteiger partial charge in [0.1, 0.15) is 17.4 Å². The van der Waals surface area contributed by atoms with Gasteiger partial charge in [-0.25, -0.2) is 4.79 Å². The minimum absolute atomic E-state index is 0.324. The molecule has 25 heavy (non-hydrogen) atoms. The molecule has 2 aromatic rings. The average molecular weight is 345 g/mol. The molecule has 0 bridgehead atoms. The Morgan fingerprint density at radius 2 is 1.92 bits per heavy atom. The molecule has 0 radical (unpaired) electrons. The molecule has 0 fully saturated rings. The third-order valence-electron chi connectivity index (χ3n) is 4.57. The van der Waals surface area contributed by atoms with E-state index in [4.69, 9.17) is 9.15 Å². The van der Waals surface area contributed by atoms with Crippen molar-refractivity contribution >= 4 is 16.9 Å². The third-order valence-corrected chi connectivity index (χ3v) is 4.57. The van der Waals surface area contributed by atoms with E-state index in [9.17, 15) is 14.7 Å². The molecule has 1 aromatic heterocycles. The number of carboxylic acid groups (broad SMARTS) is 1. The van der Waals surface area contributed by atoms with Crippen molar-refractivity contribution in [1.82, 2.24) is 0 Å². The van der Waals surface area contributed by atoms with Crippen LogP contribution < -0.4 is 15.5 Å². The molecule has 0 aliphatic heterocycles. The number of carbonyl (C=O) groups excluding carboxylic acids is 1. The summed E-state index contributed by atoms with van der Waals surface area (Å²) in [6.07, 6.45) is 4.01. The molecule has 1 heterocycles. The van der Waals surface area contributed by atoms with Gasteiger partial charge in [-0.05, 0) is 51.3 Å². The van der Waals surface area contributed by atoms with E-state index in [1.807, 2.05) is 13.0 Å². The molecule has 2 rings (SSSR count). The van der Waals surface area contributed by atoms with Crippen LogP contribution >= 0.6 is 0 Å². The van der Waals surface area contributed by atoms with Crippen LogP contribution in [0, 0.1) is 13.8 Å². The zero-order chi connectivity index (χ0) is 18.6. The van der Waals surface area contributed by atoms with E-state index in [0.717, 1.165) is 42.2 Å². The minimum Gasteiger partial charge on any atom is -0.546 e. The van der Waals surface area contributed by atoms with Crippen molar-refractivity contribution in [2.75, 3.05) is 0 Å². The number of rotatable bonds is 8. The molecule has 0 unspecified atom stereocenters. The normalized spacial score (nSPS) is 12.3. The van der Waals surface area contributed by atoms with Gasteiger partial charge in [0, 0.05) is 16.5 Å². The molecular formula is C20H25O5-. The fraction of sp³-hybridized carbons (Fsp3) is 0.500. The largest absolute Gasteiger partial charge is 0.546 e. The molecule has 0 amide bonds. The van der Waals surface area contributed by atoms with Gasteiger partial charge in [-0.2, -0.15) is 0 Å². The van der Waals surface area contributed by atoms with Gasteiger partial charge in [0.25, 0.3) is 0 Å². The molecule has 1 aromatic carbocycles. The number of fused-ring (bicyclic) bond motifs is 1.